The Morgan fingerprint density at radius 1 is 1.25 bits per heavy atom. The predicted molar refractivity (Wildman–Crippen MR) is 79.7 cm³/mol. The molecule has 1 aromatic heterocycles. The van der Waals surface area contributed by atoms with E-state index >= 15 is 0 Å². The predicted octanol–water partition coefficient (Wildman–Crippen LogP) is 3.23. The minimum absolute atomic E-state index is 0.463. The first-order chi connectivity index (χ1) is 11.1. The van der Waals surface area contributed by atoms with Crippen LogP contribution < -0.4 is 5.32 Å². The highest BCUT2D eigenvalue weighted by atomic mass is 19.4. The van der Waals surface area contributed by atoms with Crippen LogP contribution in [0.5, 0.6) is 0 Å². The van der Waals surface area contributed by atoms with Gasteiger partial charge >= 0.3 is 12.1 Å². The Kier molecular flexibility index (Phi) is 4.68. The van der Waals surface area contributed by atoms with Crippen LogP contribution in [0.4, 0.5) is 13.2 Å². The molecule has 8 heteroatoms. The summed E-state index contributed by atoms with van der Waals surface area (Å²) in [5.41, 5.74) is -1.69. The standard InChI is InChI=1S/C16H15F3N2O3/c1-9(11-5-6-21(2)8-11)20-14(22)12-4-3-10(15(23)24)7-13(12)16(17,18)19/h3-9H,1-2H3,(H,20,22)(H,23,24). The van der Waals surface area contributed by atoms with Crippen LogP contribution in [0, 0.1) is 0 Å². The molecule has 5 nitrogen and oxygen atoms in total. The Balaban J connectivity index is 2.33. The summed E-state index contributed by atoms with van der Waals surface area (Å²) in [6.07, 6.45) is -1.35. The van der Waals surface area contributed by atoms with Crippen LogP contribution in [0.2, 0.25) is 0 Å². The van der Waals surface area contributed by atoms with E-state index in [0.29, 0.717) is 6.07 Å². The number of amides is 1. The molecule has 0 bridgehead atoms. The lowest BCUT2D eigenvalue weighted by molar-refractivity contribution is -0.138. The average molecular weight is 340 g/mol. The minimum Gasteiger partial charge on any atom is -0.478 e. The van der Waals surface area contributed by atoms with Gasteiger partial charge in [-0.15, -0.1) is 0 Å². The second-order valence-electron chi connectivity index (χ2n) is 5.37. The Hall–Kier alpha value is -2.77. The zero-order chi connectivity index (χ0) is 18.1. The molecule has 1 amide bonds. The van der Waals surface area contributed by atoms with E-state index in [1.165, 1.54) is 0 Å². The molecular formula is C16H15F3N2O3. The van der Waals surface area contributed by atoms with Crippen molar-refractivity contribution in [3.05, 3.63) is 58.9 Å². The lowest BCUT2D eigenvalue weighted by Gasteiger charge is -2.16. The molecule has 0 saturated heterocycles. The number of carbonyl (C=O) groups is 2. The fourth-order valence-electron chi connectivity index (χ4n) is 2.25. The van der Waals surface area contributed by atoms with E-state index in [1.807, 2.05) is 0 Å². The summed E-state index contributed by atoms with van der Waals surface area (Å²) in [5, 5.41) is 11.3. The first-order valence-corrected chi connectivity index (χ1v) is 6.97. The highest BCUT2D eigenvalue weighted by Crippen LogP contribution is 2.33. The number of carboxylic acids is 1. The first kappa shape index (κ1) is 17.6. The van der Waals surface area contributed by atoms with E-state index in [9.17, 15) is 22.8 Å². The second kappa shape index (κ2) is 6.38. The fourth-order valence-corrected chi connectivity index (χ4v) is 2.25. The number of hydrogen-bond acceptors (Lipinski definition) is 2. The minimum atomic E-state index is -4.84. The van der Waals surface area contributed by atoms with Gasteiger partial charge in [-0.05, 0) is 36.8 Å². The molecule has 1 heterocycles. The van der Waals surface area contributed by atoms with Gasteiger partial charge in [-0.3, -0.25) is 4.79 Å². The summed E-state index contributed by atoms with van der Waals surface area (Å²) in [5.74, 6) is -2.42. The number of alkyl halides is 3. The van der Waals surface area contributed by atoms with Crippen LogP contribution in [-0.2, 0) is 13.2 Å². The summed E-state index contributed by atoms with van der Waals surface area (Å²) >= 11 is 0. The maximum atomic E-state index is 13.1. The van der Waals surface area contributed by atoms with Crippen molar-refractivity contribution in [3.8, 4) is 0 Å². The zero-order valence-electron chi connectivity index (χ0n) is 12.9. The molecule has 2 aromatic rings. The van der Waals surface area contributed by atoms with Gasteiger partial charge in [-0.25, -0.2) is 4.79 Å². The Morgan fingerprint density at radius 2 is 1.92 bits per heavy atom. The number of benzene rings is 1. The van der Waals surface area contributed by atoms with Crippen LogP contribution in [-0.4, -0.2) is 21.6 Å². The zero-order valence-corrected chi connectivity index (χ0v) is 12.9. The van der Waals surface area contributed by atoms with Crippen molar-refractivity contribution < 1.29 is 27.9 Å². The molecule has 0 aliphatic heterocycles. The van der Waals surface area contributed by atoms with Gasteiger partial charge in [0.05, 0.1) is 22.7 Å². The van der Waals surface area contributed by atoms with Gasteiger partial charge in [0.1, 0.15) is 0 Å². The number of nitrogens with one attached hydrogen (secondary N) is 1. The quantitative estimate of drug-likeness (QED) is 0.898. The van der Waals surface area contributed by atoms with Gasteiger partial charge in [0.15, 0.2) is 0 Å². The highest BCUT2D eigenvalue weighted by molar-refractivity contribution is 5.97. The van der Waals surface area contributed by atoms with Crippen LogP contribution in [0.25, 0.3) is 0 Å². The number of halogens is 3. The van der Waals surface area contributed by atoms with Crippen LogP contribution in [0.15, 0.2) is 36.7 Å². The van der Waals surface area contributed by atoms with Crippen molar-refractivity contribution in [2.24, 2.45) is 7.05 Å². The summed E-state index contributed by atoms with van der Waals surface area (Å²) in [6.45, 7) is 1.64. The van der Waals surface area contributed by atoms with E-state index in [4.69, 9.17) is 5.11 Å². The molecule has 1 atom stereocenters. The molecule has 0 fully saturated rings. The molecule has 0 aliphatic rings. The third kappa shape index (κ3) is 3.76. The fraction of sp³-hybridized carbons (Fsp3) is 0.250. The molecule has 1 unspecified atom stereocenters. The molecule has 2 N–H and O–H groups in total. The number of rotatable bonds is 4. The first-order valence-electron chi connectivity index (χ1n) is 6.97. The Bertz CT molecular complexity index is 781. The van der Waals surface area contributed by atoms with Crippen LogP contribution >= 0.6 is 0 Å². The number of aromatic carboxylic acids is 1. The van der Waals surface area contributed by atoms with E-state index in [1.54, 1.807) is 37.0 Å². The number of carboxylic acid groups (broad SMARTS) is 1. The molecule has 0 spiro atoms. The van der Waals surface area contributed by atoms with Crippen molar-refractivity contribution in [1.82, 2.24) is 9.88 Å². The van der Waals surface area contributed by atoms with Gasteiger partial charge in [-0.2, -0.15) is 13.2 Å². The van der Waals surface area contributed by atoms with Gasteiger partial charge in [0.25, 0.3) is 5.91 Å². The maximum Gasteiger partial charge on any atom is 0.417 e. The molecular weight excluding hydrogens is 325 g/mol. The van der Waals surface area contributed by atoms with Gasteiger partial charge in [0, 0.05) is 19.4 Å². The molecule has 0 saturated carbocycles. The highest BCUT2D eigenvalue weighted by Gasteiger charge is 2.36. The molecule has 0 radical (unpaired) electrons. The maximum absolute atomic E-state index is 13.1. The third-order valence-corrected chi connectivity index (χ3v) is 3.52. The SMILES string of the molecule is CC(NC(=O)c1ccc(C(=O)O)cc1C(F)(F)F)c1ccn(C)c1. The van der Waals surface area contributed by atoms with Gasteiger partial charge < -0.3 is 15.0 Å². The van der Waals surface area contributed by atoms with Crippen LogP contribution in [0.1, 0.15) is 44.8 Å². The van der Waals surface area contributed by atoms with E-state index in [2.05, 4.69) is 5.32 Å². The number of aryl methyl sites for hydroxylation is 1. The van der Waals surface area contributed by atoms with Gasteiger partial charge in [-0.1, -0.05) is 0 Å². The largest absolute Gasteiger partial charge is 0.478 e. The van der Waals surface area contributed by atoms with Gasteiger partial charge in [0.2, 0.25) is 0 Å². The second-order valence-corrected chi connectivity index (χ2v) is 5.37. The summed E-state index contributed by atoms with van der Waals surface area (Å²) < 4.78 is 41.2. The smallest absolute Gasteiger partial charge is 0.417 e. The normalized spacial score (nSPS) is 12.7. The lowest BCUT2D eigenvalue weighted by Crippen LogP contribution is -2.29. The topological polar surface area (TPSA) is 71.3 Å². The van der Waals surface area contributed by atoms with Crippen LogP contribution in [0.3, 0.4) is 0 Å². The Labute approximate surface area is 135 Å². The third-order valence-electron chi connectivity index (χ3n) is 3.52. The molecule has 2 rings (SSSR count). The molecule has 0 aliphatic carbocycles. The summed E-state index contributed by atoms with van der Waals surface area (Å²) in [7, 11) is 1.78. The van der Waals surface area contributed by atoms with Crippen molar-refractivity contribution >= 4 is 11.9 Å². The monoisotopic (exact) mass is 340 g/mol. The van der Waals surface area contributed by atoms with Crippen molar-refractivity contribution in [3.63, 3.8) is 0 Å². The number of nitrogens with zero attached hydrogens (tertiary/aromatic N) is 1. The number of aromatic nitrogens is 1. The molecule has 24 heavy (non-hydrogen) atoms. The summed E-state index contributed by atoms with van der Waals surface area (Å²) in [6, 6.07) is 3.55. The van der Waals surface area contributed by atoms with E-state index in [0.717, 1.165) is 17.7 Å². The van der Waals surface area contributed by atoms with E-state index < -0.39 is 40.8 Å². The summed E-state index contributed by atoms with van der Waals surface area (Å²) in [4.78, 5) is 23.1. The lowest BCUT2D eigenvalue weighted by atomic mass is 10.0. The van der Waals surface area contributed by atoms with Crippen molar-refractivity contribution in [1.29, 1.82) is 0 Å². The van der Waals surface area contributed by atoms with Crippen molar-refractivity contribution in [2.45, 2.75) is 19.1 Å². The molecule has 128 valence electrons. The van der Waals surface area contributed by atoms with E-state index in [-0.39, 0.29) is 0 Å². The van der Waals surface area contributed by atoms with Crippen molar-refractivity contribution in [2.75, 3.05) is 0 Å². The number of hydrogen-bond donors (Lipinski definition) is 2. The average Bonchev–Trinajstić information content (AvgIpc) is 2.92. The molecule has 1 aromatic carbocycles. The number of carbonyl (C=O) groups excluding carboxylic acids is 1. The Morgan fingerprint density at radius 3 is 2.42 bits per heavy atom.